The largest absolute Gasteiger partial charge is 0.497 e. The molecule has 0 radical (unpaired) electrons. The molecule has 1 heterocycles. The molecule has 6 heteroatoms. The molecule has 0 saturated carbocycles. The van der Waals surface area contributed by atoms with Crippen LogP contribution >= 0.6 is 0 Å². The molecule has 0 fully saturated rings. The third kappa shape index (κ3) is 3.55. The van der Waals surface area contributed by atoms with Gasteiger partial charge in [0.2, 0.25) is 0 Å². The molecular weight excluding hydrogens is 304 g/mol. The highest BCUT2D eigenvalue weighted by molar-refractivity contribution is 5.99. The van der Waals surface area contributed by atoms with Crippen LogP contribution in [0.25, 0.3) is 11.3 Å². The van der Waals surface area contributed by atoms with Crippen LogP contribution in [0.5, 0.6) is 5.75 Å². The lowest BCUT2D eigenvalue weighted by Gasteiger charge is -2.06. The standard InChI is InChI=1S/C18H18N4O2/c1-22-16(13-6-4-3-5-7-13)12-17(21-22)20-18(23)19-14-8-10-15(24-2)11-9-14/h3-12H,1-2H3,(H2,19,20,21,23). The zero-order chi connectivity index (χ0) is 16.9. The van der Waals surface area contributed by atoms with Crippen molar-refractivity contribution in [2.24, 2.45) is 7.05 Å². The number of hydrogen-bond donors (Lipinski definition) is 2. The summed E-state index contributed by atoms with van der Waals surface area (Å²) in [7, 11) is 3.44. The summed E-state index contributed by atoms with van der Waals surface area (Å²) in [4.78, 5) is 12.1. The van der Waals surface area contributed by atoms with E-state index in [1.165, 1.54) is 0 Å². The summed E-state index contributed by atoms with van der Waals surface area (Å²) in [6, 6.07) is 18.5. The molecule has 0 atom stereocenters. The Morgan fingerprint density at radius 3 is 2.42 bits per heavy atom. The molecule has 0 aliphatic heterocycles. The smallest absolute Gasteiger partial charge is 0.324 e. The van der Waals surface area contributed by atoms with Crippen LogP contribution in [0.1, 0.15) is 0 Å². The Hall–Kier alpha value is -3.28. The molecular formula is C18H18N4O2. The summed E-state index contributed by atoms with van der Waals surface area (Å²) >= 11 is 0. The minimum Gasteiger partial charge on any atom is -0.497 e. The van der Waals surface area contributed by atoms with E-state index < -0.39 is 0 Å². The average Bonchev–Trinajstić information content (AvgIpc) is 2.96. The maximum atomic E-state index is 12.1. The molecule has 24 heavy (non-hydrogen) atoms. The highest BCUT2D eigenvalue weighted by Gasteiger charge is 2.10. The topological polar surface area (TPSA) is 68.2 Å². The second kappa shape index (κ2) is 6.87. The number of urea groups is 1. The predicted molar refractivity (Wildman–Crippen MR) is 94.3 cm³/mol. The molecule has 0 aliphatic rings. The number of carbonyl (C=O) groups is 1. The van der Waals surface area contributed by atoms with Gasteiger partial charge in [-0.25, -0.2) is 4.79 Å². The Kier molecular flexibility index (Phi) is 4.47. The lowest BCUT2D eigenvalue weighted by molar-refractivity contribution is 0.262. The molecule has 0 aliphatic carbocycles. The second-order valence-electron chi connectivity index (χ2n) is 5.21. The van der Waals surface area contributed by atoms with E-state index in [9.17, 15) is 4.79 Å². The van der Waals surface area contributed by atoms with Crippen molar-refractivity contribution in [1.29, 1.82) is 0 Å². The summed E-state index contributed by atoms with van der Waals surface area (Å²) in [5, 5.41) is 9.81. The van der Waals surface area contributed by atoms with E-state index in [4.69, 9.17) is 4.74 Å². The number of hydrogen-bond acceptors (Lipinski definition) is 3. The van der Waals surface area contributed by atoms with Crippen molar-refractivity contribution in [3.63, 3.8) is 0 Å². The van der Waals surface area contributed by atoms with Gasteiger partial charge in [-0.1, -0.05) is 30.3 Å². The Morgan fingerprint density at radius 2 is 1.75 bits per heavy atom. The molecule has 0 saturated heterocycles. The zero-order valence-electron chi connectivity index (χ0n) is 13.5. The monoisotopic (exact) mass is 322 g/mol. The van der Waals surface area contributed by atoms with E-state index in [1.54, 1.807) is 36.1 Å². The first-order valence-electron chi connectivity index (χ1n) is 7.47. The zero-order valence-corrected chi connectivity index (χ0v) is 13.5. The number of rotatable bonds is 4. The maximum Gasteiger partial charge on any atom is 0.324 e. The summed E-state index contributed by atoms with van der Waals surface area (Å²) in [5.41, 5.74) is 2.64. The average molecular weight is 322 g/mol. The number of benzene rings is 2. The Morgan fingerprint density at radius 1 is 1.04 bits per heavy atom. The molecule has 3 rings (SSSR count). The Balaban J connectivity index is 1.68. The number of aryl methyl sites for hydroxylation is 1. The van der Waals surface area contributed by atoms with Gasteiger partial charge in [-0.2, -0.15) is 5.10 Å². The minimum absolute atomic E-state index is 0.349. The van der Waals surface area contributed by atoms with Crippen molar-refractivity contribution in [3.8, 4) is 17.0 Å². The highest BCUT2D eigenvalue weighted by Crippen LogP contribution is 2.22. The van der Waals surface area contributed by atoms with Gasteiger partial charge in [0.15, 0.2) is 5.82 Å². The normalized spacial score (nSPS) is 10.2. The predicted octanol–water partition coefficient (Wildman–Crippen LogP) is 3.74. The fraction of sp³-hybridized carbons (Fsp3) is 0.111. The number of nitrogens with zero attached hydrogens (tertiary/aromatic N) is 2. The quantitative estimate of drug-likeness (QED) is 0.769. The molecule has 6 nitrogen and oxygen atoms in total. The fourth-order valence-corrected chi connectivity index (χ4v) is 2.36. The van der Waals surface area contributed by atoms with Crippen LogP contribution in [-0.2, 0) is 7.05 Å². The summed E-state index contributed by atoms with van der Waals surface area (Å²) < 4.78 is 6.82. The number of aromatic nitrogens is 2. The fourth-order valence-electron chi connectivity index (χ4n) is 2.36. The van der Waals surface area contributed by atoms with Crippen molar-refractivity contribution in [1.82, 2.24) is 9.78 Å². The number of ether oxygens (including phenoxy) is 1. The van der Waals surface area contributed by atoms with Gasteiger partial charge in [-0.15, -0.1) is 0 Å². The Bertz CT molecular complexity index is 826. The first kappa shape index (κ1) is 15.6. The molecule has 0 bridgehead atoms. The summed E-state index contributed by atoms with van der Waals surface area (Å²) in [6.07, 6.45) is 0. The van der Waals surface area contributed by atoms with Gasteiger partial charge in [-0.3, -0.25) is 10.00 Å². The first-order chi connectivity index (χ1) is 11.7. The van der Waals surface area contributed by atoms with Crippen molar-refractivity contribution in [2.45, 2.75) is 0 Å². The van der Waals surface area contributed by atoms with Crippen molar-refractivity contribution >= 4 is 17.5 Å². The van der Waals surface area contributed by atoms with Gasteiger partial charge in [0.1, 0.15) is 5.75 Å². The van der Waals surface area contributed by atoms with Gasteiger partial charge in [-0.05, 0) is 29.8 Å². The molecule has 0 unspecified atom stereocenters. The molecule has 0 spiro atoms. The summed E-state index contributed by atoms with van der Waals surface area (Å²) in [5.74, 6) is 1.22. The molecule has 3 aromatic rings. The Labute approximate surface area is 140 Å². The third-order valence-electron chi connectivity index (χ3n) is 3.54. The first-order valence-corrected chi connectivity index (χ1v) is 7.47. The van der Waals surface area contributed by atoms with Gasteiger partial charge in [0.25, 0.3) is 0 Å². The molecule has 122 valence electrons. The van der Waals surface area contributed by atoms with Crippen LogP contribution in [0.15, 0.2) is 60.7 Å². The second-order valence-corrected chi connectivity index (χ2v) is 5.21. The van der Waals surface area contributed by atoms with Crippen LogP contribution in [0.2, 0.25) is 0 Å². The SMILES string of the molecule is COc1ccc(NC(=O)Nc2cc(-c3ccccc3)n(C)n2)cc1. The number of nitrogens with one attached hydrogen (secondary N) is 2. The van der Waals surface area contributed by atoms with Gasteiger partial charge >= 0.3 is 6.03 Å². The molecule has 1 aromatic heterocycles. The van der Waals surface area contributed by atoms with Gasteiger partial charge < -0.3 is 10.1 Å². The molecule has 2 N–H and O–H groups in total. The van der Waals surface area contributed by atoms with Gasteiger partial charge in [0.05, 0.1) is 12.8 Å². The third-order valence-corrected chi connectivity index (χ3v) is 3.54. The van der Waals surface area contributed by atoms with Crippen LogP contribution in [0.3, 0.4) is 0 Å². The van der Waals surface area contributed by atoms with Crippen LogP contribution in [0, 0.1) is 0 Å². The minimum atomic E-state index is -0.349. The molecule has 2 aromatic carbocycles. The number of carbonyl (C=O) groups excluding carboxylic acids is 1. The van der Waals surface area contributed by atoms with Crippen molar-refractivity contribution in [2.75, 3.05) is 17.7 Å². The highest BCUT2D eigenvalue weighted by atomic mass is 16.5. The van der Waals surface area contributed by atoms with E-state index in [0.29, 0.717) is 11.5 Å². The number of methoxy groups -OCH3 is 1. The number of anilines is 2. The molecule has 2 amide bonds. The van der Waals surface area contributed by atoms with E-state index in [0.717, 1.165) is 17.0 Å². The van der Waals surface area contributed by atoms with Crippen LogP contribution in [0.4, 0.5) is 16.3 Å². The van der Waals surface area contributed by atoms with E-state index in [1.807, 2.05) is 43.4 Å². The van der Waals surface area contributed by atoms with Crippen molar-refractivity contribution < 1.29 is 9.53 Å². The van der Waals surface area contributed by atoms with Gasteiger partial charge in [0, 0.05) is 18.8 Å². The van der Waals surface area contributed by atoms with Crippen LogP contribution in [-0.4, -0.2) is 22.9 Å². The van der Waals surface area contributed by atoms with E-state index >= 15 is 0 Å². The number of amides is 2. The van der Waals surface area contributed by atoms with Crippen molar-refractivity contribution in [3.05, 3.63) is 60.7 Å². The maximum absolute atomic E-state index is 12.1. The van der Waals surface area contributed by atoms with E-state index in [-0.39, 0.29) is 6.03 Å². The lowest BCUT2D eigenvalue weighted by atomic mass is 10.1. The lowest BCUT2D eigenvalue weighted by Crippen LogP contribution is -2.19. The van der Waals surface area contributed by atoms with E-state index in [2.05, 4.69) is 15.7 Å². The summed E-state index contributed by atoms with van der Waals surface area (Å²) in [6.45, 7) is 0. The van der Waals surface area contributed by atoms with Crippen LogP contribution < -0.4 is 15.4 Å².